The van der Waals surface area contributed by atoms with Crippen LogP contribution in [0, 0.1) is 0 Å². The van der Waals surface area contributed by atoms with Gasteiger partial charge in [0.1, 0.15) is 0 Å². The minimum atomic E-state index is -0.0742. The largest absolute Gasteiger partial charge is 0.493 e. The first kappa shape index (κ1) is 15.6. The number of hydrogen-bond donors (Lipinski definition) is 1. The summed E-state index contributed by atoms with van der Waals surface area (Å²) in [4.78, 5) is 12.4. The quantitative estimate of drug-likeness (QED) is 0.653. The summed E-state index contributed by atoms with van der Waals surface area (Å²) < 4.78 is 10.6. The first-order valence-corrected chi connectivity index (χ1v) is 6.91. The lowest BCUT2D eigenvalue weighted by Gasteiger charge is -2.10. The Hall–Kier alpha value is -2.75. The zero-order chi connectivity index (χ0) is 15.9. The molecule has 2 aromatic rings. The van der Waals surface area contributed by atoms with Gasteiger partial charge in [0.2, 0.25) is 0 Å². The van der Waals surface area contributed by atoms with E-state index in [4.69, 9.17) is 9.47 Å². The summed E-state index contributed by atoms with van der Waals surface area (Å²) in [5, 5.41) is 3.02. The number of allylic oxidation sites excluding steroid dienone is 1. The van der Waals surface area contributed by atoms with Crippen LogP contribution < -0.4 is 14.8 Å². The van der Waals surface area contributed by atoms with Crippen LogP contribution in [0.5, 0.6) is 11.5 Å². The van der Waals surface area contributed by atoms with Crippen LogP contribution in [0.1, 0.15) is 15.9 Å². The van der Waals surface area contributed by atoms with Crippen molar-refractivity contribution in [2.75, 3.05) is 26.6 Å². The van der Waals surface area contributed by atoms with Gasteiger partial charge in [-0.25, -0.2) is 0 Å². The SMILES string of the molecule is CNc1ccccc1C(=O)/C=C/c1cccc(OC)c1OC. The Kier molecular flexibility index (Phi) is 5.20. The predicted octanol–water partition coefficient (Wildman–Crippen LogP) is 3.64. The zero-order valence-corrected chi connectivity index (χ0v) is 12.9. The molecule has 2 aromatic carbocycles. The molecule has 4 heteroatoms. The molecule has 0 aliphatic carbocycles. The first-order valence-electron chi connectivity index (χ1n) is 6.91. The van der Waals surface area contributed by atoms with Gasteiger partial charge in [0.05, 0.1) is 14.2 Å². The number of para-hydroxylation sites is 2. The van der Waals surface area contributed by atoms with Crippen molar-refractivity contribution < 1.29 is 14.3 Å². The molecule has 0 aliphatic rings. The first-order chi connectivity index (χ1) is 10.7. The molecule has 0 bridgehead atoms. The normalized spacial score (nSPS) is 10.5. The van der Waals surface area contributed by atoms with Gasteiger partial charge in [0.15, 0.2) is 17.3 Å². The molecule has 0 aromatic heterocycles. The number of carbonyl (C=O) groups is 1. The molecule has 0 amide bonds. The molecular weight excluding hydrogens is 278 g/mol. The minimum Gasteiger partial charge on any atom is -0.493 e. The van der Waals surface area contributed by atoms with Crippen LogP contribution in [0.2, 0.25) is 0 Å². The van der Waals surface area contributed by atoms with E-state index in [2.05, 4.69) is 5.32 Å². The van der Waals surface area contributed by atoms with E-state index in [0.29, 0.717) is 17.1 Å². The molecular formula is C18H19NO3. The summed E-state index contributed by atoms with van der Waals surface area (Å²) in [5.74, 6) is 1.17. The Morgan fingerprint density at radius 3 is 2.50 bits per heavy atom. The van der Waals surface area contributed by atoms with Crippen molar-refractivity contribution >= 4 is 17.5 Å². The Morgan fingerprint density at radius 2 is 1.82 bits per heavy atom. The number of rotatable bonds is 6. The maximum absolute atomic E-state index is 12.4. The van der Waals surface area contributed by atoms with E-state index in [1.165, 1.54) is 6.08 Å². The van der Waals surface area contributed by atoms with Gasteiger partial charge in [-0.1, -0.05) is 24.3 Å². The fraction of sp³-hybridized carbons (Fsp3) is 0.167. The van der Waals surface area contributed by atoms with Gasteiger partial charge >= 0.3 is 0 Å². The molecule has 0 heterocycles. The molecule has 0 radical (unpaired) electrons. The highest BCUT2D eigenvalue weighted by atomic mass is 16.5. The second-order valence-corrected chi connectivity index (χ2v) is 4.58. The molecule has 0 saturated carbocycles. The van der Waals surface area contributed by atoms with E-state index < -0.39 is 0 Å². The van der Waals surface area contributed by atoms with Crippen LogP contribution in [0.3, 0.4) is 0 Å². The van der Waals surface area contributed by atoms with Crippen LogP contribution in [0.15, 0.2) is 48.5 Å². The van der Waals surface area contributed by atoms with E-state index in [9.17, 15) is 4.79 Å². The van der Waals surface area contributed by atoms with Gasteiger partial charge in [-0.05, 0) is 30.4 Å². The van der Waals surface area contributed by atoms with Crippen LogP contribution in [0.4, 0.5) is 5.69 Å². The maximum Gasteiger partial charge on any atom is 0.187 e. The number of carbonyl (C=O) groups excluding carboxylic acids is 1. The summed E-state index contributed by atoms with van der Waals surface area (Å²) in [6.07, 6.45) is 3.27. The molecule has 0 atom stereocenters. The second-order valence-electron chi connectivity index (χ2n) is 4.58. The topological polar surface area (TPSA) is 47.6 Å². The van der Waals surface area contributed by atoms with E-state index in [1.807, 2.05) is 36.4 Å². The smallest absolute Gasteiger partial charge is 0.187 e. The molecule has 114 valence electrons. The average molecular weight is 297 g/mol. The Morgan fingerprint density at radius 1 is 1.05 bits per heavy atom. The second kappa shape index (κ2) is 7.31. The van der Waals surface area contributed by atoms with Crippen molar-refractivity contribution in [1.29, 1.82) is 0 Å². The number of benzene rings is 2. The van der Waals surface area contributed by atoms with Gasteiger partial charge < -0.3 is 14.8 Å². The fourth-order valence-corrected chi connectivity index (χ4v) is 2.21. The molecule has 0 fully saturated rings. The van der Waals surface area contributed by atoms with Crippen LogP contribution in [-0.4, -0.2) is 27.1 Å². The molecule has 0 aliphatic heterocycles. The summed E-state index contributed by atoms with van der Waals surface area (Å²) in [7, 11) is 4.95. The van der Waals surface area contributed by atoms with Gasteiger partial charge in [-0.2, -0.15) is 0 Å². The monoisotopic (exact) mass is 297 g/mol. The zero-order valence-electron chi connectivity index (χ0n) is 12.9. The van der Waals surface area contributed by atoms with Gasteiger partial charge in [-0.3, -0.25) is 4.79 Å². The highest BCUT2D eigenvalue weighted by molar-refractivity contribution is 6.10. The third kappa shape index (κ3) is 3.28. The maximum atomic E-state index is 12.4. The molecule has 0 unspecified atom stereocenters. The molecule has 1 N–H and O–H groups in total. The molecule has 0 saturated heterocycles. The standard InChI is InChI=1S/C18H19NO3/c1-19-15-9-5-4-8-14(15)16(20)12-11-13-7-6-10-17(21-2)18(13)22-3/h4-12,19H,1-3H3/b12-11+. The van der Waals surface area contributed by atoms with E-state index in [-0.39, 0.29) is 5.78 Å². The summed E-state index contributed by atoms with van der Waals surface area (Å²) in [6, 6.07) is 12.9. The number of ether oxygens (including phenoxy) is 2. The number of ketones is 1. The van der Waals surface area contributed by atoms with Crippen molar-refractivity contribution in [3.8, 4) is 11.5 Å². The molecule has 4 nitrogen and oxygen atoms in total. The van der Waals surface area contributed by atoms with Crippen molar-refractivity contribution in [1.82, 2.24) is 0 Å². The van der Waals surface area contributed by atoms with Gasteiger partial charge in [0, 0.05) is 23.9 Å². The molecule has 22 heavy (non-hydrogen) atoms. The van der Waals surface area contributed by atoms with Crippen LogP contribution in [-0.2, 0) is 0 Å². The predicted molar refractivity (Wildman–Crippen MR) is 88.9 cm³/mol. The Bertz CT molecular complexity index is 692. The highest BCUT2D eigenvalue weighted by Gasteiger charge is 2.09. The third-order valence-electron chi connectivity index (χ3n) is 3.31. The van der Waals surface area contributed by atoms with Crippen LogP contribution in [0.25, 0.3) is 6.08 Å². The highest BCUT2D eigenvalue weighted by Crippen LogP contribution is 2.31. The van der Waals surface area contributed by atoms with Crippen molar-refractivity contribution in [3.05, 3.63) is 59.7 Å². The summed E-state index contributed by atoms with van der Waals surface area (Å²) in [6.45, 7) is 0. The molecule has 2 rings (SSSR count). The van der Waals surface area contributed by atoms with E-state index in [1.54, 1.807) is 33.4 Å². The average Bonchev–Trinajstić information content (AvgIpc) is 2.58. The Balaban J connectivity index is 2.31. The summed E-state index contributed by atoms with van der Waals surface area (Å²) >= 11 is 0. The fourth-order valence-electron chi connectivity index (χ4n) is 2.21. The van der Waals surface area contributed by atoms with Crippen LogP contribution >= 0.6 is 0 Å². The number of methoxy groups -OCH3 is 2. The number of hydrogen-bond acceptors (Lipinski definition) is 4. The molecule has 0 spiro atoms. The van der Waals surface area contributed by atoms with Crippen molar-refractivity contribution in [3.63, 3.8) is 0 Å². The lowest BCUT2D eigenvalue weighted by atomic mass is 10.1. The summed E-state index contributed by atoms with van der Waals surface area (Å²) in [5.41, 5.74) is 2.22. The lowest BCUT2D eigenvalue weighted by molar-refractivity contribution is 0.104. The van der Waals surface area contributed by atoms with Crippen molar-refractivity contribution in [2.45, 2.75) is 0 Å². The van der Waals surface area contributed by atoms with E-state index >= 15 is 0 Å². The van der Waals surface area contributed by atoms with Gasteiger partial charge in [0.25, 0.3) is 0 Å². The van der Waals surface area contributed by atoms with E-state index in [0.717, 1.165) is 11.3 Å². The minimum absolute atomic E-state index is 0.0742. The third-order valence-corrected chi connectivity index (χ3v) is 3.31. The number of anilines is 1. The lowest BCUT2D eigenvalue weighted by Crippen LogP contribution is -2.00. The Labute approximate surface area is 130 Å². The van der Waals surface area contributed by atoms with Crippen molar-refractivity contribution in [2.24, 2.45) is 0 Å². The van der Waals surface area contributed by atoms with Gasteiger partial charge in [-0.15, -0.1) is 0 Å². The number of nitrogens with one attached hydrogen (secondary N) is 1.